The topological polar surface area (TPSA) is 81.8 Å². The lowest BCUT2D eigenvalue weighted by atomic mass is 10.4. The van der Waals surface area contributed by atoms with Crippen LogP contribution in [0.2, 0.25) is 0 Å². The molecule has 0 spiro atoms. The number of piperazine rings is 2. The van der Waals surface area contributed by atoms with Gasteiger partial charge in [-0.05, 0) is 0 Å². The first-order valence-corrected chi connectivity index (χ1v) is 7.86. The fraction of sp³-hybridized carbons (Fsp3) is 0.900. The van der Waals surface area contributed by atoms with Crippen LogP contribution < -0.4 is 10.6 Å². The molecule has 0 radical (unpaired) electrons. The lowest BCUT2D eigenvalue weighted by Gasteiger charge is -2.29. The number of carbonyl (C=O) groups excluding carboxylic acids is 1. The van der Waals surface area contributed by atoms with Gasteiger partial charge in [0, 0.05) is 45.8 Å². The van der Waals surface area contributed by atoms with E-state index >= 15 is 0 Å². The van der Waals surface area contributed by atoms with Gasteiger partial charge in [0.1, 0.15) is 0 Å². The number of carbonyl (C=O) groups is 1. The van der Waals surface area contributed by atoms with Crippen LogP contribution in [0, 0.1) is 0 Å². The Hall–Kier alpha value is -0.700. The van der Waals surface area contributed by atoms with Gasteiger partial charge in [-0.2, -0.15) is 4.31 Å². The number of hydrogen-bond donors (Lipinski definition) is 2. The number of hydrogen-bond acceptors (Lipinski definition) is 5. The van der Waals surface area contributed by atoms with Crippen molar-refractivity contribution in [1.29, 1.82) is 0 Å². The van der Waals surface area contributed by atoms with E-state index in [1.54, 1.807) is 0 Å². The summed E-state index contributed by atoms with van der Waals surface area (Å²) in [6, 6.07) is 0. The zero-order valence-corrected chi connectivity index (χ0v) is 11.2. The fourth-order valence-electron chi connectivity index (χ4n) is 2.16. The van der Waals surface area contributed by atoms with Crippen molar-refractivity contribution >= 4 is 15.9 Å². The molecular formula is C10H20N4O3S. The van der Waals surface area contributed by atoms with E-state index in [1.165, 1.54) is 4.31 Å². The van der Waals surface area contributed by atoms with E-state index < -0.39 is 10.0 Å². The Morgan fingerprint density at radius 3 is 2.50 bits per heavy atom. The van der Waals surface area contributed by atoms with E-state index in [4.69, 9.17) is 0 Å². The summed E-state index contributed by atoms with van der Waals surface area (Å²) in [5.74, 6) is -0.118. The zero-order valence-electron chi connectivity index (χ0n) is 10.4. The third-order valence-corrected chi connectivity index (χ3v) is 5.07. The van der Waals surface area contributed by atoms with Crippen LogP contribution in [0.1, 0.15) is 0 Å². The molecule has 2 N–H and O–H groups in total. The van der Waals surface area contributed by atoms with Crippen LogP contribution in [0.15, 0.2) is 0 Å². The van der Waals surface area contributed by atoms with Gasteiger partial charge in [0.25, 0.3) is 0 Å². The minimum atomic E-state index is -3.31. The lowest BCUT2D eigenvalue weighted by molar-refractivity contribution is -0.122. The van der Waals surface area contributed by atoms with Crippen LogP contribution in [0.4, 0.5) is 0 Å². The van der Waals surface area contributed by atoms with Crippen molar-refractivity contribution in [3.05, 3.63) is 0 Å². The molecule has 1 amide bonds. The van der Waals surface area contributed by atoms with Gasteiger partial charge in [0.2, 0.25) is 15.9 Å². The SMILES string of the molecule is O=C1CN(S(=O)(=O)CCN2CCNCC2)CCN1. The Morgan fingerprint density at radius 2 is 1.83 bits per heavy atom. The summed E-state index contributed by atoms with van der Waals surface area (Å²) < 4.78 is 25.4. The molecule has 2 aliphatic heterocycles. The Bertz CT molecular complexity index is 392. The second-order valence-electron chi connectivity index (χ2n) is 4.59. The van der Waals surface area contributed by atoms with Crippen LogP contribution >= 0.6 is 0 Å². The highest BCUT2D eigenvalue weighted by Crippen LogP contribution is 2.05. The molecule has 2 aliphatic rings. The molecule has 2 fully saturated rings. The first kappa shape index (κ1) is 13.7. The zero-order chi connectivity index (χ0) is 13.0. The summed E-state index contributed by atoms with van der Waals surface area (Å²) >= 11 is 0. The van der Waals surface area contributed by atoms with Crippen LogP contribution in [0.25, 0.3) is 0 Å². The van der Waals surface area contributed by atoms with E-state index in [2.05, 4.69) is 15.5 Å². The second kappa shape index (κ2) is 5.96. The van der Waals surface area contributed by atoms with Gasteiger partial charge in [-0.15, -0.1) is 0 Å². The van der Waals surface area contributed by atoms with Crippen LogP contribution in [0.3, 0.4) is 0 Å². The van der Waals surface area contributed by atoms with Gasteiger partial charge < -0.3 is 10.6 Å². The van der Waals surface area contributed by atoms with E-state index in [0.717, 1.165) is 26.2 Å². The third-order valence-electron chi connectivity index (χ3n) is 3.27. The average molecular weight is 276 g/mol. The predicted octanol–water partition coefficient (Wildman–Crippen LogP) is -2.35. The maximum absolute atomic E-state index is 12.1. The number of nitrogens with zero attached hydrogens (tertiary/aromatic N) is 2. The second-order valence-corrected chi connectivity index (χ2v) is 6.68. The minimum Gasteiger partial charge on any atom is -0.354 e. The van der Waals surface area contributed by atoms with Gasteiger partial charge >= 0.3 is 0 Å². The molecule has 0 bridgehead atoms. The van der Waals surface area contributed by atoms with Gasteiger partial charge in [-0.25, -0.2) is 8.42 Å². The van der Waals surface area contributed by atoms with Crippen molar-refractivity contribution in [2.24, 2.45) is 0 Å². The Morgan fingerprint density at radius 1 is 1.11 bits per heavy atom. The molecule has 2 rings (SSSR count). The number of nitrogens with one attached hydrogen (secondary N) is 2. The maximum Gasteiger partial charge on any atom is 0.235 e. The Labute approximate surface area is 108 Å². The van der Waals surface area contributed by atoms with Crippen LogP contribution in [0.5, 0.6) is 0 Å². The molecule has 18 heavy (non-hydrogen) atoms. The first-order chi connectivity index (χ1) is 8.58. The maximum atomic E-state index is 12.1. The molecule has 0 aromatic heterocycles. The quantitative estimate of drug-likeness (QED) is 0.601. The lowest BCUT2D eigenvalue weighted by Crippen LogP contribution is -2.52. The number of rotatable bonds is 4. The molecule has 2 heterocycles. The summed E-state index contributed by atoms with van der Waals surface area (Å²) in [4.78, 5) is 13.3. The number of amides is 1. The van der Waals surface area contributed by atoms with Gasteiger partial charge in [0.15, 0.2) is 0 Å². The van der Waals surface area contributed by atoms with Crippen LogP contribution in [-0.2, 0) is 14.8 Å². The molecule has 8 heteroatoms. The third kappa shape index (κ3) is 3.64. The highest BCUT2D eigenvalue weighted by molar-refractivity contribution is 7.89. The average Bonchev–Trinajstić information content (AvgIpc) is 2.38. The summed E-state index contributed by atoms with van der Waals surface area (Å²) in [6.07, 6.45) is 0. The summed E-state index contributed by atoms with van der Waals surface area (Å²) in [6.45, 7) is 4.89. The highest BCUT2D eigenvalue weighted by atomic mass is 32.2. The molecule has 0 unspecified atom stereocenters. The molecule has 0 atom stereocenters. The summed E-state index contributed by atoms with van der Waals surface area (Å²) in [7, 11) is -3.31. The first-order valence-electron chi connectivity index (χ1n) is 6.25. The Kier molecular flexibility index (Phi) is 4.55. The van der Waals surface area contributed by atoms with Crippen molar-refractivity contribution in [1.82, 2.24) is 19.8 Å². The van der Waals surface area contributed by atoms with E-state index in [-0.39, 0.29) is 18.2 Å². The van der Waals surface area contributed by atoms with E-state index in [1.807, 2.05) is 0 Å². The highest BCUT2D eigenvalue weighted by Gasteiger charge is 2.27. The van der Waals surface area contributed by atoms with Crippen molar-refractivity contribution in [3.63, 3.8) is 0 Å². The largest absolute Gasteiger partial charge is 0.354 e. The van der Waals surface area contributed by atoms with Gasteiger partial charge in [-0.1, -0.05) is 0 Å². The van der Waals surface area contributed by atoms with Crippen molar-refractivity contribution in [2.75, 3.05) is 58.1 Å². The monoisotopic (exact) mass is 276 g/mol. The van der Waals surface area contributed by atoms with Crippen molar-refractivity contribution < 1.29 is 13.2 Å². The standard InChI is InChI=1S/C10H20N4O3S/c15-10-9-14(6-3-12-10)18(16,17)8-7-13-4-1-11-2-5-13/h11H,1-9H2,(H,12,15). The van der Waals surface area contributed by atoms with E-state index in [9.17, 15) is 13.2 Å². The molecule has 104 valence electrons. The molecule has 0 aromatic rings. The smallest absolute Gasteiger partial charge is 0.235 e. The van der Waals surface area contributed by atoms with E-state index in [0.29, 0.717) is 19.6 Å². The van der Waals surface area contributed by atoms with Crippen molar-refractivity contribution in [2.45, 2.75) is 0 Å². The predicted molar refractivity (Wildman–Crippen MR) is 67.7 cm³/mol. The molecular weight excluding hydrogens is 256 g/mol. The molecule has 0 aliphatic carbocycles. The minimum absolute atomic E-state index is 0.0378. The fourth-order valence-corrected chi connectivity index (χ4v) is 3.59. The van der Waals surface area contributed by atoms with Gasteiger partial charge in [0.05, 0.1) is 12.3 Å². The van der Waals surface area contributed by atoms with Gasteiger partial charge in [-0.3, -0.25) is 9.69 Å². The van der Waals surface area contributed by atoms with Crippen LogP contribution in [-0.4, -0.2) is 81.6 Å². The molecule has 0 aromatic carbocycles. The normalized spacial score (nSPS) is 23.9. The Balaban J connectivity index is 1.84. The summed E-state index contributed by atoms with van der Waals surface area (Å²) in [5, 5.41) is 5.85. The molecule has 7 nitrogen and oxygen atoms in total. The molecule has 2 saturated heterocycles. The van der Waals surface area contributed by atoms with Crippen molar-refractivity contribution in [3.8, 4) is 0 Å². The summed E-state index contributed by atoms with van der Waals surface area (Å²) in [5.41, 5.74) is 0. The molecule has 0 saturated carbocycles. The number of sulfonamides is 1.